The van der Waals surface area contributed by atoms with Gasteiger partial charge in [-0.15, -0.1) is 0 Å². The average Bonchev–Trinajstić information content (AvgIpc) is 2.89. The number of rotatable bonds is 5. The summed E-state index contributed by atoms with van der Waals surface area (Å²) in [5.74, 6) is -0.804. The largest absolute Gasteiger partial charge is 0.490 e. The molecule has 0 spiro atoms. The molecule has 3 rings (SSSR count). The number of benzene rings is 1. The van der Waals surface area contributed by atoms with E-state index in [4.69, 9.17) is 9.47 Å². The van der Waals surface area contributed by atoms with Gasteiger partial charge in [-0.2, -0.15) is 0 Å². The van der Waals surface area contributed by atoms with Gasteiger partial charge in [0.2, 0.25) is 0 Å². The van der Waals surface area contributed by atoms with Gasteiger partial charge in [-0.25, -0.2) is 0 Å². The maximum absolute atomic E-state index is 12.5. The van der Waals surface area contributed by atoms with Crippen LogP contribution < -0.4 is 10.1 Å². The van der Waals surface area contributed by atoms with E-state index < -0.39 is 11.9 Å². The number of hydrogen-bond acceptors (Lipinski definition) is 4. The van der Waals surface area contributed by atoms with Crippen LogP contribution in [0.1, 0.15) is 55.3 Å². The summed E-state index contributed by atoms with van der Waals surface area (Å²) in [6.45, 7) is 1.44. The fourth-order valence-corrected chi connectivity index (χ4v) is 3.70. The first-order valence-electron chi connectivity index (χ1n) is 9.51. The Morgan fingerprint density at radius 3 is 2.38 bits per heavy atom. The van der Waals surface area contributed by atoms with Crippen molar-refractivity contribution in [1.82, 2.24) is 5.32 Å². The standard InChI is InChI=1S/C20H27NO5/c22-19(21-18-5-3-1-2-4-17(18)20(23)24)14-6-8-15(9-7-14)26-16-10-12-25-13-11-16/h6-9,16-18H,1-5,10-13H2,(H,21,22)(H,23,24)/t17-,18+/m1/s1. The molecule has 1 aromatic rings. The van der Waals surface area contributed by atoms with Crippen molar-refractivity contribution in [2.24, 2.45) is 5.92 Å². The van der Waals surface area contributed by atoms with Gasteiger partial charge in [0, 0.05) is 24.4 Å². The Kier molecular flexibility index (Phi) is 6.50. The molecular weight excluding hydrogens is 334 g/mol. The van der Waals surface area contributed by atoms with E-state index in [-0.39, 0.29) is 18.1 Å². The van der Waals surface area contributed by atoms with Gasteiger partial charge in [0.25, 0.3) is 5.91 Å². The quantitative estimate of drug-likeness (QED) is 0.788. The normalized spacial score (nSPS) is 24.5. The second-order valence-electron chi connectivity index (χ2n) is 7.12. The maximum atomic E-state index is 12.5. The van der Waals surface area contributed by atoms with E-state index >= 15 is 0 Å². The van der Waals surface area contributed by atoms with E-state index in [1.807, 2.05) is 0 Å². The van der Waals surface area contributed by atoms with E-state index in [1.165, 1.54) is 0 Å². The molecule has 1 aliphatic carbocycles. The van der Waals surface area contributed by atoms with Crippen molar-refractivity contribution in [1.29, 1.82) is 0 Å². The molecule has 6 nitrogen and oxygen atoms in total. The van der Waals surface area contributed by atoms with Crippen LogP contribution in [0.3, 0.4) is 0 Å². The van der Waals surface area contributed by atoms with E-state index in [2.05, 4.69) is 5.32 Å². The first kappa shape index (κ1) is 18.7. The second-order valence-corrected chi connectivity index (χ2v) is 7.12. The van der Waals surface area contributed by atoms with Crippen LogP contribution >= 0.6 is 0 Å². The molecule has 6 heteroatoms. The number of carboxylic acid groups (broad SMARTS) is 1. The van der Waals surface area contributed by atoms with E-state index in [0.29, 0.717) is 18.4 Å². The number of carbonyl (C=O) groups is 2. The fraction of sp³-hybridized carbons (Fsp3) is 0.600. The third-order valence-corrected chi connectivity index (χ3v) is 5.24. The summed E-state index contributed by atoms with van der Waals surface area (Å²) in [6, 6.07) is 6.76. The molecule has 0 radical (unpaired) electrons. The number of aliphatic carboxylic acids is 1. The predicted octanol–water partition coefficient (Wildman–Crippen LogP) is 3.01. The Labute approximate surface area is 153 Å². The number of nitrogens with one attached hydrogen (secondary N) is 1. The number of hydrogen-bond donors (Lipinski definition) is 2. The zero-order valence-corrected chi connectivity index (χ0v) is 15.0. The topological polar surface area (TPSA) is 84.9 Å². The summed E-state index contributed by atoms with van der Waals surface area (Å²) in [5.41, 5.74) is 0.526. The molecule has 0 bridgehead atoms. The minimum atomic E-state index is -0.822. The Morgan fingerprint density at radius 2 is 1.69 bits per heavy atom. The van der Waals surface area contributed by atoms with Crippen molar-refractivity contribution in [3.8, 4) is 5.75 Å². The zero-order valence-electron chi connectivity index (χ0n) is 15.0. The molecular formula is C20H27NO5. The molecule has 0 unspecified atom stereocenters. The van der Waals surface area contributed by atoms with Gasteiger partial charge >= 0.3 is 5.97 Å². The first-order valence-corrected chi connectivity index (χ1v) is 9.51. The van der Waals surface area contributed by atoms with Crippen LogP contribution in [0.25, 0.3) is 0 Å². The minimum Gasteiger partial charge on any atom is -0.490 e. The van der Waals surface area contributed by atoms with Crippen LogP contribution in [-0.2, 0) is 9.53 Å². The Hall–Kier alpha value is -2.08. The molecule has 2 atom stereocenters. The summed E-state index contributed by atoms with van der Waals surface area (Å²) in [5, 5.41) is 12.4. The molecule has 2 aliphatic rings. The highest BCUT2D eigenvalue weighted by Gasteiger charge is 2.30. The average molecular weight is 361 g/mol. The lowest BCUT2D eigenvalue weighted by Gasteiger charge is -2.24. The predicted molar refractivity (Wildman–Crippen MR) is 96.4 cm³/mol. The lowest BCUT2D eigenvalue weighted by molar-refractivity contribution is -0.142. The molecule has 2 fully saturated rings. The molecule has 1 saturated heterocycles. The van der Waals surface area contributed by atoms with Gasteiger partial charge in [-0.05, 0) is 37.1 Å². The third-order valence-electron chi connectivity index (χ3n) is 5.24. The summed E-state index contributed by atoms with van der Waals surface area (Å²) >= 11 is 0. The number of amides is 1. The van der Waals surface area contributed by atoms with Crippen LogP contribution in [0.2, 0.25) is 0 Å². The summed E-state index contributed by atoms with van der Waals surface area (Å²) in [7, 11) is 0. The van der Waals surface area contributed by atoms with Gasteiger partial charge in [-0.1, -0.05) is 19.3 Å². The van der Waals surface area contributed by atoms with Crippen LogP contribution in [0.4, 0.5) is 0 Å². The van der Waals surface area contributed by atoms with E-state index in [9.17, 15) is 14.7 Å². The highest BCUT2D eigenvalue weighted by Crippen LogP contribution is 2.24. The summed E-state index contributed by atoms with van der Waals surface area (Å²) in [4.78, 5) is 24.0. The van der Waals surface area contributed by atoms with Gasteiger partial charge in [0.15, 0.2) is 0 Å². The molecule has 1 aliphatic heterocycles. The number of carbonyl (C=O) groups excluding carboxylic acids is 1. The van der Waals surface area contributed by atoms with Gasteiger partial charge in [0.05, 0.1) is 19.1 Å². The fourth-order valence-electron chi connectivity index (χ4n) is 3.70. The monoisotopic (exact) mass is 361 g/mol. The number of ether oxygens (including phenoxy) is 2. The highest BCUT2D eigenvalue weighted by atomic mass is 16.5. The van der Waals surface area contributed by atoms with E-state index in [1.54, 1.807) is 24.3 Å². The van der Waals surface area contributed by atoms with Crippen molar-refractivity contribution >= 4 is 11.9 Å². The Bertz CT molecular complexity index is 609. The van der Waals surface area contributed by atoms with Crippen LogP contribution in [-0.4, -0.2) is 42.3 Å². The van der Waals surface area contributed by atoms with Crippen molar-refractivity contribution in [3.63, 3.8) is 0 Å². The van der Waals surface area contributed by atoms with Gasteiger partial charge < -0.3 is 19.9 Å². The van der Waals surface area contributed by atoms with Crippen molar-refractivity contribution in [2.75, 3.05) is 13.2 Å². The highest BCUT2D eigenvalue weighted by molar-refractivity contribution is 5.94. The maximum Gasteiger partial charge on any atom is 0.308 e. The summed E-state index contributed by atoms with van der Waals surface area (Å²) in [6.07, 6.45) is 6.13. The van der Waals surface area contributed by atoms with Gasteiger partial charge in [-0.3, -0.25) is 9.59 Å². The summed E-state index contributed by atoms with van der Waals surface area (Å²) < 4.78 is 11.2. The first-order chi connectivity index (χ1) is 12.6. The van der Waals surface area contributed by atoms with Crippen molar-refractivity contribution in [3.05, 3.63) is 29.8 Å². The molecule has 26 heavy (non-hydrogen) atoms. The third kappa shape index (κ3) is 4.97. The van der Waals surface area contributed by atoms with Crippen LogP contribution in [0.15, 0.2) is 24.3 Å². The molecule has 1 heterocycles. The molecule has 2 N–H and O–H groups in total. The zero-order chi connectivity index (χ0) is 18.4. The Morgan fingerprint density at radius 1 is 1.00 bits per heavy atom. The lowest BCUT2D eigenvalue weighted by atomic mass is 9.94. The minimum absolute atomic E-state index is 0.158. The lowest BCUT2D eigenvalue weighted by Crippen LogP contribution is -2.42. The van der Waals surface area contributed by atoms with Crippen LogP contribution in [0.5, 0.6) is 5.75 Å². The van der Waals surface area contributed by atoms with E-state index in [0.717, 1.165) is 51.1 Å². The second kappa shape index (κ2) is 9.03. The van der Waals surface area contributed by atoms with Crippen molar-refractivity contribution < 1.29 is 24.2 Å². The Balaban J connectivity index is 1.59. The van der Waals surface area contributed by atoms with Crippen molar-refractivity contribution in [2.45, 2.75) is 57.1 Å². The smallest absolute Gasteiger partial charge is 0.308 e. The van der Waals surface area contributed by atoms with Crippen LogP contribution in [0, 0.1) is 5.92 Å². The molecule has 142 valence electrons. The molecule has 1 saturated carbocycles. The van der Waals surface area contributed by atoms with Gasteiger partial charge in [0.1, 0.15) is 11.9 Å². The number of carboxylic acids is 1. The SMILES string of the molecule is O=C(N[C@H]1CCCCC[C@H]1C(=O)O)c1ccc(OC2CCOCC2)cc1. The molecule has 1 amide bonds. The molecule has 1 aromatic carbocycles. The molecule has 0 aromatic heterocycles.